The number of anilines is 1. The van der Waals surface area contributed by atoms with E-state index in [4.69, 9.17) is 4.42 Å². The molecule has 0 spiro atoms. The van der Waals surface area contributed by atoms with Gasteiger partial charge in [-0.15, -0.1) is 0 Å². The highest BCUT2D eigenvalue weighted by atomic mass is 16.3. The summed E-state index contributed by atoms with van der Waals surface area (Å²) in [6.07, 6.45) is 2.88. The number of nitrogens with one attached hydrogen (secondary N) is 1. The smallest absolute Gasteiger partial charge is 0.262 e. The largest absolute Gasteiger partial charge is 0.454 e. The number of amides is 1. The monoisotopic (exact) mass is 383 g/mol. The van der Waals surface area contributed by atoms with E-state index in [1.807, 2.05) is 48.5 Å². The summed E-state index contributed by atoms with van der Waals surface area (Å²) in [6, 6.07) is 15.3. The average molecular weight is 383 g/mol. The van der Waals surface area contributed by atoms with Gasteiger partial charge >= 0.3 is 0 Å². The van der Waals surface area contributed by atoms with Crippen LogP contribution in [0, 0.1) is 0 Å². The van der Waals surface area contributed by atoms with Crippen molar-refractivity contribution in [3.8, 4) is 11.5 Å². The van der Waals surface area contributed by atoms with Crippen LogP contribution in [-0.4, -0.2) is 28.4 Å². The van der Waals surface area contributed by atoms with Gasteiger partial charge in [0.15, 0.2) is 11.5 Å². The van der Waals surface area contributed by atoms with Crippen LogP contribution in [0.5, 0.6) is 0 Å². The highest BCUT2D eigenvalue weighted by Crippen LogP contribution is 2.45. The zero-order chi connectivity index (χ0) is 19.5. The van der Waals surface area contributed by atoms with E-state index in [2.05, 4.69) is 10.2 Å². The van der Waals surface area contributed by atoms with Gasteiger partial charge in [-0.25, -0.2) is 0 Å². The van der Waals surface area contributed by atoms with E-state index in [1.165, 1.54) is 0 Å². The highest BCUT2D eigenvalue weighted by molar-refractivity contribution is 6.12. The number of benzene rings is 2. The van der Waals surface area contributed by atoms with Gasteiger partial charge in [-0.2, -0.15) is 5.10 Å². The maximum absolute atomic E-state index is 13.5. The minimum Gasteiger partial charge on any atom is -0.454 e. The van der Waals surface area contributed by atoms with Crippen molar-refractivity contribution in [2.75, 3.05) is 11.4 Å². The number of aromatic nitrogens is 2. The van der Waals surface area contributed by atoms with Crippen molar-refractivity contribution in [2.45, 2.75) is 18.8 Å². The number of para-hydroxylation sites is 1. The summed E-state index contributed by atoms with van der Waals surface area (Å²) < 4.78 is 5.93. The third-order valence-electron chi connectivity index (χ3n) is 5.99. The molecule has 142 valence electrons. The average Bonchev–Trinajstić information content (AvgIpc) is 3.47. The fraction of sp³-hybridized carbons (Fsp3) is 0.174. The number of fused-ring (bicyclic) bond motifs is 1. The predicted molar refractivity (Wildman–Crippen MR) is 108 cm³/mol. The van der Waals surface area contributed by atoms with Crippen LogP contribution in [0.2, 0.25) is 0 Å². The molecule has 0 radical (unpaired) electrons. The minimum absolute atomic E-state index is 0.135. The molecule has 0 saturated carbocycles. The van der Waals surface area contributed by atoms with E-state index in [0.29, 0.717) is 30.0 Å². The van der Waals surface area contributed by atoms with Crippen molar-refractivity contribution in [1.82, 2.24) is 10.2 Å². The van der Waals surface area contributed by atoms with Crippen LogP contribution in [-0.2, 0) is 0 Å². The summed E-state index contributed by atoms with van der Waals surface area (Å²) in [4.78, 5) is 27.6. The van der Waals surface area contributed by atoms with Crippen LogP contribution >= 0.6 is 0 Å². The molecule has 1 aliphatic carbocycles. The Balaban J connectivity index is 1.42. The Morgan fingerprint density at radius 3 is 2.97 bits per heavy atom. The molecule has 1 unspecified atom stereocenters. The van der Waals surface area contributed by atoms with E-state index in [0.717, 1.165) is 34.2 Å². The molecule has 1 aliphatic heterocycles. The fourth-order valence-electron chi connectivity index (χ4n) is 4.63. The number of rotatable bonds is 2. The SMILES string of the molecule is O=C1CCC2CN(C(=O)c3cn[nH]c3-c3cc4ccccc4o3)c3cccc1c32. The molecule has 0 saturated heterocycles. The van der Waals surface area contributed by atoms with E-state index in [1.54, 1.807) is 11.1 Å². The van der Waals surface area contributed by atoms with E-state index in [9.17, 15) is 9.59 Å². The Labute approximate surface area is 166 Å². The van der Waals surface area contributed by atoms with E-state index < -0.39 is 0 Å². The molecular formula is C23H17N3O3. The lowest BCUT2D eigenvalue weighted by Gasteiger charge is -2.18. The van der Waals surface area contributed by atoms with Gasteiger partial charge in [0.1, 0.15) is 11.3 Å². The Hall–Kier alpha value is -3.67. The number of Topliss-reactive ketones (excluding diaryl/α,β-unsaturated/α-hetero) is 1. The van der Waals surface area contributed by atoms with Crippen LogP contribution in [0.1, 0.15) is 45.0 Å². The Bertz CT molecular complexity index is 1270. The second-order valence-corrected chi connectivity index (χ2v) is 7.62. The second-order valence-electron chi connectivity index (χ2n) is 7.62. The van der Waals surface area contributed by atoms with Gasteiger partial charge in [0.05, 0.1) is 11.8 Å². The molecule has 6 nitrogen and oxygen atoms in total. The van der Waals surface area contributed by atoms with Gasteiger partial charge in [-0.3, -0.25) is 14.7 Å². The lowest BCUT2D eigenvalue weighted by molar-refractivity contribution is 0.0968. The van der Waals surface area contributed by atoms with Gasteiger partial charge in [-0.1, -0.05) is 30.3 Å². The molecule has 1 amide bonds. The van der Waals surface area contributed by atoms with Gasteiger partial charge < -0.3 is 9.32 Å². The van der Waals surface area contributed by atoms with Crippen molar-refractivity contribution in [1.29, 1.82) is 0 Å². The number of nitrogens with zero attached hydrogens (tertiary/aromatic N) is 2. The summed E-state index contributed by atoms with van der Waals surface area (Å²) in [5.41, 5.74) is 4.41. The summed E-state index contributed by atoms with van der Waals surface area (Å²) in [5, 5.41) is 8.00. The Morgan fingerprint density at radius 2 is 2.07 bits per heavy atom. The maximum Gasteiger partial charge on any atom is 0.262 e. The molecule has 4 aromatic rings. The molecule has 29 heavy (non-hydrogen) atoms. The second kappa shape index (κ2) is 5.91. The minimum atomic E-state index is -0.135. The molecule has 0 bridgehead atoms. The molecule has 2 aromatic heterocycles. The molecule has 1 N–H and O–H groups in total. The third kappa shape index (κ3) is 2.32. The van der Waals surface area contributed by atoms with Gasteiger partial charge in [0, 0.05) is 35.5 Å². The standard InChI is InChI=1S/C23H17N3O3/c27-18-9-8-14-12-26(17-6-3-5-15(18)21(14)17)23(28)16-11-24-25-22(16)20-10-13-4-1-2-7-19(13)29-20/h1-7,10-11,14H,8-9,12H2,(H,24,25). The quantitative estimate of drug-likeness (QED) is 0.551. The first kappa shape index (κ1) is 16.3. The zero-order valence-electron chi connectivity index (χ0n) is 15.5. The van der Waals surface area contributed by atoms with Crippen molar-refractivity contribution >= 4 is 28.3 Å². The van der Waals surface area contributed by atoms with Crippen molar-refractivity contribution in [3.63, 3.8) is 0 Å². The summed E-state index contributed by atoms with van der Waals surface area (Å²) >= 11 is 0. The number of ketones is 1. The molecule has 1 atom stereocenters. The number of carbonyl (C=O) groups excluding carboxylic acids is 2. The summed E-state index contributed by atoms with van der Waals surface area (Å²) in [7, 11) is 0. The number of H-pyrrole nitrogens is 1. The van der Waals surface area contributed by atoms with Gasteiger partial charge in [0.25, 0.3) is 5.91 Å². The first-order valence-electron chi connectivity index (χ1n) is 9.71. The molecule has 6 heteroatoms. The number of hydrogen-bond acceptors (Lipinski definition) is 4. The van der Waals surface area contributed by atoms with Crippen molar-refractivity contribution in [2.24, 2.45) is 0 Å². The van der Waals surface area contributed by atoms with Crippen molar-refractivity contribution in [3.05, 3.63) is 71.4 Å². The lowest BCUT2D eigenvalue weighted by Crippen LogP contribution is -2.30. The molecule has 0 fully saturated rings. The van der Waals surface area contributed by atoms with Crippen LogP contribution in [0.3, 0.4) is 0 Å². The van der Waals surface area contributed by atoms with Gasteiger partial charge in [-0.05, 0) is 30.2 Å². The number of carbonyl (C=O) groups is 2. The topological polar surface area (TPSA) is 79.2 Å². The number of aromatic amines is 1. The van der Waals surface area contributed by atoms with E-state index >= 15 is 0 Å². The third-order valence-corrected chi connectivity index (χ3v) is 5.99. The van der Waals surface area contributed by atoms with Crippen LogP contribution in [0.4, 0.5) is 5.69 Å². The maximum atomic E-state index is 13.5. The van der Waals surface area contributed by atoms with Crippen molar-refractivity contribution < 1.29 is 14.0 Å². The summed E-state index contributed by atoms with van der Waals surface area (Å²) in [6.45, 7) is 0.587. The number of hydrogen-bond donors (Lipinski definition) is 1. The molecule has 3 heterocycles. The van der Waals surface area contributed by atoms with Crippen LogP contribution in [0.15, 0.2) is 59.1 Å². The van der Waals surface area contributed by atoms with Crippen LogP contribution < -0.4 is 4.90 Å². The first-order valence-corrected chi connectivity index (χ1v) is 9.71. The molecular weight excluding hydrogens is 366 g/mol. The van der Waals surface area contributed by atoms with E-state index in [-0.39, 0.29) is 17.6 Å². The molecule has 6 rings (SSSR count). The normalized spacial score (nSPS) is 17.7. The predicted octanol–water partition coefficient (Wildman–Crippen LogP) is 4.54. The Kier molecular flexibility index (Phi) is 3.32. The van der Waals surface area contributed by atoms with Crippen LogP contribution in [0.25, 0.3) is 22.4 Å². The Morgan fingerprint density at radius 1 is 1.17 bits per heavy atom. The molecule has 2 aliphatic rings. The lowest BCUT2D eigenvalue weighted by atomic mass is 9.83. The number of furan rings is 1. The summed E-state index contributed by atoms with van der Waals surface area (Å²) in [5.74, 6) is 0.823. The highest BCUT2D eigenvalue weighted by Gasteiger charge is 2.39. The van der Waals surface area contributed by atoms with Gasteiger partial charge in [0.2, 0.25) is 0 Å². The molecule has 2 aromatic carbocycles. The zero-order valence-corrected chi connectivity index (χ0v) is 15.5. The first-order chi connectivity index (χ1) is 14.2. The fourth-order valence-corrected chi connectivity index (χ4v) is 4.63.